The van der Waals surface area contributed by atoms with E-state index in [1.807, 2.05) is 12.1 Å². The van der Waals surface area contributed by atoms with E-state index in [0.29, 0.717) is 4.88 Å². The molecule has 2 aromatic rings. The van der Waals surface area contributed by atoms with Crippen molar-refractivity contribution in [3.63, 3.8) is 0 Å². The van der Waals surface area contributed by atoms with Gasteiger partial charge in [-0.05, 0) is 37.1 Å². The minimum absolute atomic E-state index is 0.101. The average molecular weight is 273 g/mol. The topological polar surface area (TPSA) is 45.2 Å². The molecule has 0 aliphatic carbocycles. The fourth-order valence-electron chi connectivity index (χ4n) is 2.25. The Morgan fingerprint density at radius 1 is 1.21 bits per heavy atom. The summed E-state index contributed by atoms with van der Waals surface area (Å²) in [6.45, 7) is 2.26. The second kappa shape index (κ2) is 5.40. The number of nitrogens with zero attached hydrogens (tertiary/aromatic N) is 2. The molecule has 1 fully saturated rings. The number of thiazole rings is 1. The van der Waals surface area contributed by atoms with Crippen molar-refractivity contribution in [3.8, 4) is 0 Å². The second-order valence-electron chi connectivity index (χ2n) is 4.56. The molecular weight excluding hydrogens is 258 g/mol. The number of hydrogen-bond donors (Lipinski definition) is 1. The summed E-state index contributed by atoms with van der Waals surface area (Å²) in [6, 6.07) is 8.03. The van der Waals surface area contributed by atoms with Crippen LogP contribution >= 0.6 is 11.3 Å². The number of carbonyl (C=O) groups excluding carboxylic acids is 1. The summed E-state index contributed by atoms with van der Waals surface area (Å²) in [6.07, 6.45) is 4.12. The Morgan fingerprint density at radius 2 is 1.95 bits per heavy atom. The molecule has 5 heteroatoms. The van der Waals surface area contributed by atoms with Crippen molar-refractivity contribution < 1.29 is 4.79 Å². The van der Waals surface area contributed by atoms with E-state index in [0.717, 1.165) is 18.8 Å². The van der Waals surface area contributed by atoms with Crippen LogP contribution in [-0.2, 0) is 0 Å². The standard InChI is InChI=1S/C14H15N3OS/c18-14(13-9-15-10-19-13)16-11-3-5-12(6-4-11)17-7-1-2-8-17/h3-6,9-10H,1-2,7-8H2,(H,16,18). The Hall–Kier alpha value is -1.88. The molecule has 1 amide bonds. The smallest absolute Gasteiger partial charge is 0.267 e. The van der Waals surface area contributed by atoms with Crippen LogP contribution in [0.15, 0.2) is 36.0 Å². The maximum atomic E-state index is 11.9. The van der Waals surface area contributed by atoms with Crippen molar-refractivity contribution in [2.75, 3.05) is 23.3 Å². The molecule has 0 bridgehead atoms. The summed E-state index contributed by atoms with van der Waals surface area (Å²) >= 11 is 1.34. The molecule has 3 rings (SSSR count). The Bertz CT molecular complexity index is 545. The predicted octanol–water partition coefficient (Wildman–Crippen LogP) is 3.00. The van der Waals surface area contributed by atoms with Crippen LogP contribution < -0.4 is 10.2 Å². The molecule has 1 aromatic heterocycles. The predicted molar refractivity (Wildman–Crippen MR) is 78.0 cm³/mol. The molecule has 1 aliphatic heterocycles. The number of nitrogens with one attached hydrogen (secondary N) is 1. The lowest BCUT2D eigenvalue weighted by Gasteiger charge is -2.17. The summed E-state index contributed by atoms with van der Waals surface area (Å²) in [7, 11) is 0. The number of rotatable bonds is 3. The van der Waals surface area contributed by atoms with E-state index in [4.69, 9.17) is 0 Å². The fraction of sp³-hybridized carbons (Fsp3) is 0.286. The maximum Gasteiger partial charge on any atom is 0.267 e. The minimum atomic E-state index is -0.101. The lowest BCUT2D eigenvalue weighted by molar-refractivity contribution is 0.103. The lowest BCUT2D eigenvalue weighted by Crippen LogP contribution is -2.17. The van der Waals surface area contributed by atoms with Gasteiger partial charge in [-0.1, -0.05) is 0 Å². The number of anilines is 2. The zero-order valence-corrected chi connectivity index (χ0v) is 11.3. The van der Waals surface area contributed by atoms with Crippen LogP contribution in [0.25, 0.3) is 0 Å². The van der Waals surface area contributed by atoms with Crippen LogP contribution in [0.4, 0.5) is 11.4 Å². The third-order valence-electron chi connectivity index (χ3n) is 3.25. The van der Waals surface area contributed by atoms with E-state index in [1.165, 1.54) is 29.9 Å². The number of hydrogen-bond acceptors (Lipinski definition) is 4. The molecule has 1 aliphatic rings. The normalized spacial score (nSPS) is 14.6. The molecule has 1 saturated heterocycles. The van der Waals surface area contributed by atoms with Crippen LogP contribution in [0, 0.1) is 0 Å². The van der Waals surface area contributed by atoms with Crippen molar-refractivity contribution in [2.24, 2.45) is 0 Å². The summed E-state index contributed by atoms with van der Waals surface area (Å²) in [4.78, 5) is 18.8. The van der Waals surface area contributed by atoms with Crippen molar-refractivity contribution in [3.05, 3.63) is 40.8 Å². The van der Waals surface area contributed by atoms with Crippen molar-refractivity contribution >= 4 is 28.6 Å². The fourth-order valence-corrected chi connectivity index (χ4v) is 2.77. The molecule has 1 aromatic carbocycles. The van der Waals surface area contributed by atoms with Crippen LogP contribution in [0.1, 0.15) is 22.5 Å². The van der Waals surface area contributed by atoms with E-state index < -0.39 is 0 Å². The van der Waals surface area contributed by atoms with Gasteiger partial charge in [0.05, 0.1) is 11.7 Å². The van der Waals surface area contributed by atoms with E-state index in [9.17, 15) is 4.79 Å². The van der Waals surface area contributed by atoms with Gasteiger partial charge in [-0.15, -0.1) is 11.3 Å². The first kappa shape index (κ1) is 12.2. The lowest BCUT2D eigenvalue weighted by atomic mass is 10.2. The Balaban J connectivity index is 1.67. The highest BCUT2D eigenvalue weighted by atomic mass is 32.1. The Kier molecular flexibility index (Phi) is 3.46. The molecule has 0 unspecified atom stereocenters. The molecule has 4 nitrogen and oxygen atoms in total. The summed E-state index contributed by atoms with van der Waals surface area (Å²) < 4.78 is 0. The first-order valence-corrected chi connectivity index (χ1v) is 7.26. The highest BCUT2D eigenvalue weighted by molar-refractivity contribution is 7.11. The van der Waals surface area contributed by atoms with Gasteiger partial charge in [0.25, 0.3) is 5.91 Å². The molecule has 0 radical (unpaired) electrons. The zero-order valence-electron chi connectivity index (χ0n) is 10.5. The van der Waals surface area contributed by atoms with E-state index in [2.05, 4.69) is 27.3 Å². The molecular formula is C14H15N3OS. The monoisotopic (exact) mass is 273 g/mol. The molecule has 0 atom stereocenters. The zero-order chi connectivity index (χ0) is 13.1. The molecule has 0 saturated carbocycles. The van der Waals surface area contributed by atoms with E-state index in [1.54, 1.807) is 11.7 Å². The third kappa shape index (κ3) is 2.76. The number of aromatic nitrogens is 1. The SMILES string of the molecule is O=C(Nc1ccc(N2CCCC2)cc1)c1cncs1. The Morgan fingerprint density at radius 3 is 2.58 bits per heavy atom. The summed E-state index contributed by atoms with van der Waals surface area (Å²) in [5.74, 6) is -0.101. The van der Waals surface area contributed by atoms with Gasteiger partial charge in [0.1, 0.15) is 4.88 Å². The summed E-state index contributed by atoms with van der Waals surface area (Å²) in [5.41, 5.74) is 3.71. The maximum absolute atomic E-state index is 11.9. The molecule has 2 heterocycles. The van der Waals surface area contributed by atoms with Crippen LogP contribution in [-0.4, -0.2) is 24.0 Å². The first-order valence-electron chi connectivity index (χ1n) is 6.38. The molecule has 98 valence electrons. The van der Waals surface area contributed by atoms with E-state index >= 15 is 0 Å². The van der Waals surface area contributed by atoms with Gasteiger partial charge >= 0.3 is 0 Å². The number of benzene rings is 1. The van der Waals surface area contributed by atoms with Gasteiger partial charge in [-0.2, -0.15) is 0 Å². The van der Waals surface area contributed by atoms with Gasteiger partial charge in [0.2, 0.25) is 0 Å². The van der Waals surface area contributed by atoms with Crippen molar-refractivity contribution in [1.82, 2.24) is 4.98 Å². The van der Waals surface area contributed by atoms with Crippen molar-refractivity contribution in [1.29, 1.82) is 0 Å². The Labute approximate surface area is 116 Å². The van der Waals surface area contributed by atoms with Gasteiger partial charge in [-0.3, -0.25) is 9.78 Å². The minimum Gasteiger partial charge on any atom is -0.372 e. The second-order valence-corrected chi connectivity index (χ2v) is 5.45. The molecule has 1 N–H and O–H groups in total. The third-order valence-corrected chi connectivity index (χ3v) is 4.02. The van der Waals surface area contributed by atoms with E-state index in [-0.39, 0.29) is 5.91 Å². The number of carbonyl (C=O) groups is 1. The average Bonchev–Trinajstić information content (AvgIpc) is 3.13. The summed E-state index contributed by atoms with van der Waals surface area (Å²) in [5, 5.41) is 2.88. The van der Waals surface area contributed by atoms with Crippen LogP contribution in [0.2, 0.25) is 0 Å². The van der Waals surface area contributed by atoms with Gasteiger partial charge in [0, 0.05) is 24.5 Å². The van der Waals surface area contributed by atoms with Crippen molar-refractivity contribution in [2.45, 2.75) is 12.8 Å². The highest BCUT2D eigenvalue weighted by Gasteiger charge is 2.12. The highest BCUT2D eigenvalue weighted by Crippen LogP contribution is 2.22. The first-order chi connectivity index (χ1) is 9.33. The molecule has 0 spiro atoms. The largest absolute Gasteiger partial charge is 0.372 e. The van der Waals surface area contributed by atoms with Gasteiger partial charge in [0.15, 0.2) is 0 Å². The van der Waals surface area contributed by atoms with Gasteiger partial charge < -0.3 is 10.2 Å². The van der Waals surface area contributed by atoms with Crippen LogP contribution in [0.3, 0.4) is 0 Å². The molecule has 19 heavy (non-hydrogen) atoms. The van der Waals surface area contributed by atoms with Crippen LogP contribution in [0.5, 0.6) is 0 Å². The van der Waals surface area contributed by atoms with Gasteiger partial charge in [-0.25, -0.2) is 0 Å². The number of amides is 1. The quantitative estimate of drug-likeness (QED) is 0.935.